The minimum Gasteiger partial charge on any atom is -0.481 e. The molecule has 0 amide bonds. The Hall–Kier alpha value is -2.34. The summed E-state index contributed by atoms with van der Waals surface area (Å²) in [4.78, 5) is 11.0. The van der Waals surface area contributed by atoms with Crippen molar-refractivity contribution in [1.29, 1.82) is 0 Å². The average Bonchev–Trinajstić information content (AvgIpc) is 3.37. The summed E-state index contributed by atoms with van der Waals surface area (Å²) in [6.45, 7) is 3.26. The highest BCUT2D eigenvalue weighted by molar-refractivity contribution is 5.74. The van der Waals surface area contributed by atoms with Crippen LogP contribution in [0.4, 0.5) is 13.2 Å². The van der Waals surface area contributed by atoms with Gasteiger partial charge < -0.3 is 10.8 Å². The van der Waals surface area contributed by atoms with Crippen LogP contribution in [0.5, 0.6) is 0 Å². The number of nitrogens with two attached hydrogens (primary N) is 1. The molecule has 6 heteroatoms. The van der Waals surface area contributed by atoms with Gasteiger partial charge in [0.05, 0.1) is 6.42 Å². The number of halogens is 3. The maximum atomic E-state index is 15.2. The molecule has 0 spiro atoms. The average molecular weight is 363 g/mol. The van der Waals surface area contributed by atoms with Crippen LogP contribution in [0, 0.1) is 31.3 Å². The summed E-state index contributed by atoms with van der Waals surface area (Å²) < 4.78 is 44.2. The molecule has 0 heterocycles. The maximum absolute atomic E-state index is 15.2. The van der Waals surface area contributed by atoms with Gasteiger partial charge in [0, 0.05) is 17.2 Å². The van der Waals surface area contributed by atoms with Crippen LogP contribution in [0.15, 0.2) is 18.2 Å². The molecule has 1 saturated carbocycles. The standard InChI is InChI=1S/C20H20F3NO2/c1-9-3-6-14(21)10(2)17(9)13-7-12(11-4-5-11)19(22)18(20(13)23)15(24)8-16(25)26/h3,6-7,11,15H,4-5,8,24H2,1-2H3,(H,25,26)/t15-/m0/s1. The van der Waals surface area contributed by atoms with E-state index in [9.17, 15) is 13.6 Å². The Morgan fingerprint density at radius 2 is 1.88 bits per heavy atom. The van der Waals surface area contributed by atoms with Gasteiger partial charge in [0.2, 0.25) is 0 Å². The van der Waals surface area contributed by atoms with Gasteiger partial charge in [-0.1, -0.05) is 6.07 Å². The molecular weight excluding hydrogens is 343 g/mol. The Morgan fingerprint density at radius 3 is 2.46 bits per heavy atom. The summed E-state index contributed by atoms with van der Waals surface area (Å²) in [5.74, 6) is -3.47. The minimum atomic E-state index is -1.32. The number of carbonyl (C=O) groups is 1. The van der Waals surface area contributed by atoms with Crippen molar-refractivity contribution in [3.8, 4) is 11.1 Å². The summed E-state index contributed by atoms with van der Waals surface area (Å²) in [6.07, 6.45) is 0.954. The molecule has 0 unspecified atom stereocenters. The number of aryl methyl sites for hydroxylation is 1. The number of hydrogen-bond acceptors (Lipinski definition) is 2. The fraction of sp³-hybridized carbons (Fsp3) is 0.350. The Balaban J connectivity index is 2.29. The van der Waals surface area contributed by atoms with Crippen molar-refractivity contribution in [3.05, 3.63) is 57.9 Å². The fourth-order valence-corrected chi connectivity index (χ4v) is 3.40. The molecule has 0 aliphatic heterocycles. The van der Waals surface area contributed by atoms with Crippen LogP contribution in [0.25, 0.3) is 11.1 Å². The van der Waals surface area contributed by atoms with Crippen molar-refractivity contribution in [1.82, 2.24) is 0 Å². The van der Waals surface area contributed by atoms with E-state index in [2.05, 4.69) is 0 Å². The van der Waals surface area contributed by atoms with E-state index in [1.54, 1.807) is 6.92 Å². The molecule has 0 aromatic heterocycles. The van der Waals surface area contributed by atoms with Gasteiger partial charge in [-0.2, -0.15) is 0 Å². The zero-order valence-corrected chi connectivity index (χ0v) is 14.6. The molecule has 26 heavy (non-hydrogen) atoms. The van der Waals surface area contributed by atoms with Crippen molar-refractivity contribution in [2.24, 2.45) is 5.73 Å². The van der Waals surface area contributed by atoms with E-state index in [4.69, 9.17) is 10.8 Å². The lowest BCUT2D eigenvalue weighted by atomic mass is 9.88. The van der Waals surface area contributed by atoms with E-state index >= 15 is 4.39 Å². The third-order valence-electron chi connectivity index (χ3n) is 4.92. The first kappa shape index (κ1) is 18.5. The molecule has 3 rings (SSSR count). The predicted octanol–water partition coefficient (Wildman–Crippen LogP) is 4.74. The highest BCUT2D eigenvalue weighted by Crippen LogP contribution is 2.46. The Bertz CT molecular complexity index is 891. The van der Waals surface area contributed by atoms with Crippen LogP contribution in [-0.4, -0.2) is 11.1 Å². The van der Waals surface area contributed by atoms with E-state index in [0.717, 1.165) is 12.8 Å². The van der Waals surface area contributed by atoms with Crippen molar-refractivity contribution in [2.75, 3.05) is 0 Å². The smallest absolute Gasteiger partial charge is 0.305 e. The number of benzene rings is 2. The zero-order chi connectivity index (χ0) is 19.2. The monoisotopic (exact) mass is 363 g/mol. The summed E-state index contributed by atoms with van der Waals surface area (Å²) in [7, 11) is 0. The van der Waals surface area contributed by atoms with E-state index in [1.807, 2.05) is 0 Å². The Morgan fingerprint density at radius 1 is 1.23 bits per heavy atom. The van der Waals surface area contributed by atoms with Crippen LogP contribution >= 0.6 is 0 Å². The molecule has 0 radical (unpaired) electrons. The lowest BCUT2D eigenvalue weighted by Gasteiger charge is -2.20. The molecule has 2 aromatic rings. The van der Waals surface area contributed by atoms with Crippen molar-refractivity contribution >= 4 is 5.97 Å². The van der Waals surface area contributed by atoms with Crippen molar-refractivity contribution < 1.29 is 23.1 Å². The molecular formula is C20H20F3NO2. The van der Waals surface area contributed by atoms with Gasteiger partial charge in [0.1, 0.15) is 17.5 Å². The largest absolute Gasteiger partial charge is 0.481 e. The summed E-state index contributed by atoms with van der Waals surface area (Å²) in [5.41, 5.74) is 7.02. The molecule has 1 fully saturated rings. The highest BCUT2D eigenvalue weighted by Gasteiger charge is 2.33. The molecule has 2 aromatic carbocycles. The lowest BCUT2D eigenvalue weighted by molar-refractivity contribution is -0.137. The summed E-state index contributed by atoms with van der Waals surface area (Å²) >= 11 is 0. The molecule has 1 atom stereocenters. The van der Waals surface area contributed by atoms with Gasteiger partial charge in [-0.05, 0) is 67.0 Å². The van der Waals surface area contributed by atoms with Gasteiger partial charge in [0.15, 0.2) is 0 Å². The summed E-state index contributed by atoms with van der Waals surface area (Å²) in [5, 5.41) is 8.95. The van der Waals surface area contributed by atoms with Gasteiger partial charge in [-0.25, -0.2) is 13.2 Å². The van der Waals surface area contributed by atoms with Crippen LogP contribution < -0.4 is 5.73 Å². The van der Waals surface area contributed by atoms with Crippen LogP contribution in [0.2, 0.25) is 0 Å². The number of aliphatic carboxylic acids is 1. The molecule has 0 saturated heterocycles. The van der Waals surface area contributed by atoms with Gasteiger partial charge in [-0.3, -0.25) is 4.79 Å². The SMILES string of the molecule is Cc1ccc(F)c(C)c1-c1cc(C2CC2)c(F)c([C@@H](N)CC(=O)O)c1F. The zero-order valence-electron chi connectivity index (χ0n) is 14.6. The van der Waals surface area contributed by atoms with Gasteiger partial charge in [-0.15, -0.1) is 0 Å². The Kier molecular flexibility index (Phi) is 4.80. The van der Waals surface area contributed by atoms with Gasteiger partial charge >= 0.3 is 5.97 Å². The second kappa shape index (κ2) is 6.76. The third-order valence-corrected chi connectivity index (χ3v) is 4.92. The molecule has 1 aliphatic carbocycles. The van der Waals surface area contributed by atoms with E-state index in [0.29, 0.717) is 16.7 Å². The molecule has 3 nitrogen and oxygen atoms in total. The van der Waals surface area contributed by atoms with Crippen LogP contribution in [-0.2, 0) is 4.79 Å². The van der Waals surface area contributed by atoms with E-state index in [-0.39, 0.29) is 17.0 Å². The first-order chi connectivity index (χ1) is 12.2. The Labute approximate surface area is 149 Å². The molecule has 1 aliphatic rings. The quantitative estimate of drug-likeness (QED) is 0.806. The van der Waals surface area contributed by atoms with E-state index < -0.39 is 41.4 Å². The van der Waals surface area contributed by atoms with Crippen molar-refractivity contribution in [2.45, 2.75) is 45.1 Å². The van der Waals surface area contributed by atoms with Gasteiger partial charge in [0.25, 0.3) is 0 Å². The summed E-state index contributed by atoms with van der Waals surface area (Å²) in [6, 6.07) is 2.94. The highest BCUT2D eigenvalue weighted by atomic mass is 19.1. The normalized spacial score (nSPS) is 15.2. The second-order valence-corrected chi connectivity index (χ2v) is 6.90. The minimum absolute atomic E-state index is 0.0423. The third kappa shape index (κ3) is 3.21. The predicted molar refractivity (Wildman–Crippen MR) is 92.4 cm³/mol. The first-order valence-corrected chi connectivity index (χ1v) is 8.47. The van der Waals surface area contributed by atoms with Crippen LogP contribution in [0.1, 0.15) is 53.5 Å². The number of carboxylic acid groups (broad SMARTS) is 1. The topological polar surface area (TPSA) is 63.3 Å². The molecule has 3 N–H and O–H groups in total. The van der Waals surface area contributed by atoms with Crippen LogP contribution in [0.3, 0.4) is 0 Å². The second-order valence-electron chi connectivity index (χ2n) is 6.90. The fourth-order valence-electron chi connectivity index (χ4n) is 3.40. The number of hydrogen-bond donors (Lipinski definition) is 2. The van der Waals surface area contributed by atoms with E-state index in [1.165, 1.54) is 25.1 Å². The first-order valence-electron chi connectivity index (χ1n) is 8.47. The number of carboxylic acids is 1. The number of rotatable bonds is 5. The molecule has 0 bridgehead atoms. The molecule has 138 valence electrons. The lowest BCUT2D eigenvalue weighted by Crippen LogP contribution is -2.19. The van der Waals surface area contributed by atoms with Crippen molar-refractivity contribution in [3.63, 3.8) is 0 Å². The maximum Gasteiger partial charge on any atom is 0.305 e.